The highest BCUT2D eigenvalue weighted by molar-refractivity contribution is 7.99. The fourth-order valence-electron chi connectivity index (χ4n) is 2.10. The number of rotatable bonds is 9. The maximum atomic E-state index is 11.3. The van der Waals surface area contributed by atoms with E-state index in [-0.39, 0.29) is 11.4 Å². The summed E-state index contributed by atoms with van der Waals surface area (Å²) in [6, 6.07) is 7.42. The summed E-state index contributed by atoms with van der Waals surface area (Å²) in [4.78, 5) is 11.3. The van der Waals surface area contributed by atoms with E-state index in [1.165, 1.54) is 7.11 Å². The van der Waals surface area contributed by atoms with Crippen LogP contribution in [0.1, 0.15) is 25.7 Å². The lowest BCUT2D eigenvalue weighted by atomic mass is 10.1. The summed E-state index contributed by atoms with van der Waals surface area (Å²) in [6.45, 7) is 0.707. The normalized spacial score (nSPS) is 15.5. The molecule has 2 rings (SSSR count). The molecule has 1 aromatic rings. The van der Waals surface area contributed by atoms with Gasteiger partial charge in [-0.1, -0.05) is 11.6 Å². The molecule has 0 spiro atoms. The average molecular weight is 329 g/mol. The highest BCUT2D eigenvalue weighted by Gasteiger charge is 2.44. The second-order valence-electron chi connectivity index (χ2n) is 5.46. The van der Waals surface area contributed by atoms with Gasteiger partial charge in [0.05, 0.1) is 20.1 Å². The number of carbonyl (C=O) groups is 1. The van der Waals surface area contributed by atoms with Crippen LogP contribution >= 0.6 is 23.4 Å². The first kappa shape index (κ1) is 16.5. The summed E-state index contributed by atoms with van der Waals surface area (Å²) in [6.07, 6.45) is 3.87. The lowest BCUT2D eigenvalue weighted by molar-refractivity contribution is -0.141. The van der Waals surface area contributed by atoms with Gasteiger partial charge < -0.3 is 9.47 Å². The molecule has 1 aromatic carbocycles. The van der Waals surface area contributed by atoms with Crippen LogP contribution in [0, 0.1) is 5.41 Å². The molecule has 1 aliphatic carbocycles. The Morgan fingerprint density at radius 3 is 2.67 bits per heavy atom. The standard InChI is InChI=1S/C16H21ClO3S/c1-19-15(18)11-16(7-8-16)12-21-10-2-9-20-14-5-3-13(17)4-6-14/h3-6H,2,7-12H2,1H3. The molecule has 0 aliphatic heterocycles. The average Bonchev–Trinajstić information content (AvgIpc) is 3.24. The van der Waals surface area contributed by atoms with Gasteiger partial charge in [-0.3, -0.25) is 4.79 Å². The molecule has 0 radical (unpaired) electrons. The van der Waals surface area contributed by atoms with Gasteiger partial charge in [0.1, 0.15) is 5.75 Å². The highest BCUT2D eigenvalue weighted by Crippen LogP contribution is 2.51. The van der Waals surface area contributed by atoms with Crippen molar-refractivity contribution in [3.63, 3.8) is 0 Å². The molecule has 0 heterocycles. The quantitative estimate of drug-likeness (QED) is 0.503. The van der Waals surface area contributed by atoms with Crippen molar-refractivity contribution in [2.45, 2.75) is 25.7 Å². The Balaban J connectivity index is 1.54. The zero-order valence-corrected chi connectivity index (χ0v) is 13.8. The summed E-state index contributed by atoms with van der Waals surface area (Å²) in [5.74, 6) is 2.87. The number of hydrogen-bond donors (Lipinski definition) is 0. The Morgan fingerprint density at radius 1 is 1.33 bits per heavy atom. The van der Waals surface area contributed by atoms with E-state index in [1.807, 2.05) is 36.0 Å². The lowest BCUT2D eigenvalue weighted by Crippen LogP contribution is -2.13. The fraction of sp³-hybridized carbons (Fsp3) is 0.562. The van der Waals surface area contributed by atoms with Crippen LogP contribution in [0.3, 0.4) is 0 Å². The molecule has 0 unspecified atom stereocenters. The molecule has 116 valence electrons. The van der Waals surface area contributed by atoms with Crippen molar-refractivity contribution in [1.82, 2.24) is 0 Å². The summed E-state index contributed by atoms with van der Waals surface area (Å²) >= 11 is 7.72. The number of ether oxygens (including phenoxy) is 2. The summed E-state index contributed by atoms with van der Waals surface area (Å²) < 4.78 is 10.4. The fourth-order valence-corrected chi connectivity index (χ4v) is 3.51. The van der Waals surface area contributed by atoms with Gasteiger partial charge in [0.2, 0.25) is 0 Å². The number of carbonyl (C=O) groups excluding carboxylic acids is 1. The molecule has 1 aliphatic rings. The van der Waals surface area contributed by atoms with Gasteiger partial charge in [-0.05, 0) is 60.4 Å². The second kappa shape index (κ2) is 7.95. The molecule has 5 heteroatoms. The van der Waals surface area contributed by atoms with Gasteiger partial charge in [0, 0.05) is 5.02 Å². The molecule has 0 atom stereocenters. The Labute approximate surface area is 135 Å². The van der Waals surface area contributed by atoms with E-state index >= 15 is 0 Å². The van der Waals surface area contributed by atoms with Crippen molar-refractivity contribution in [2.24, 2.45) is 5.41 Å². The maximum Gasteiger partial charge on any atom is 0.306 e. The molecule has 3 nitrogen and oxygen atoms in total. The molecule has 1 fully saturated rings. The Hall–Kier alpha value is -0.870. The predicted molar refractivity (Wildman–Crippen MR) is 87.2 cm³/mol. The van der Waals surface area contributed by atoms with Crippen molar-refractivity contribution in [1.29, 1.82) is 0 Å². The van der Waals surface area contributed by atoms with Gasteiger partial charge >= 0.3 is 5.97 Å². The van der Waals surface area contributed by atoms with E-state index in [9.17, 15) is 4.79 Å². The van der Waals surface area contributed by atoms with E-state index in [4.69, 9.17) is 21.1 Å². The van der Waals surface area contributed by atoms with Crippen LogP contribution in [0.2, 0.25) is 5.02 Å². The number of hydrogen-bond acceptors (Lipinski definition) is 4. The van der Waals surface area contributed by atoms with E-state index in [0.29, 0.717) is 13.0 Å². The van der Waals surface area contributed by atoms with Crippen LogP contribution < -0.4 is 4.74 Å². The number of thioether (sulfide) groups is 1. The molecule has 0 bridgehead atoms. The minimum atomic E-state index is -0.0841. The van der Waals surface area contributed by atoms with Crippen molar-refractivity contribution in [2.75, 3.05) is 25.2 Å². The van der Waals surface area contributed by atoms with E-state index < -0.39 is 0 Å². The van der Waals surface area contributed by atoms with Crippen LogP contribution in [-0.2, 0) is 9.53 Å². The first-order chi connectivity index (χ1) is 10.1. The van der Waals surface area contributed by atoms with Gasteiger partial charge in [-0.25, -0.2) is 0 Å². The van der Waals surface area contributed by atoms with Gasteiger partial charge in [-0.2, -0.15) is 11.8 Å². The van der Waals surface area contributed by atoms with Crippen molar-refractivity contribution < 1.29 is 14.3 Å². The first-order valence-electron chi connectivity index (χ1n) is 7.16. The summed E-state index contributed by atoms with van der Waals surface area (Å²) in [7, 11) is 1.46. The third-order valence-corrected chi connectivity index (χ3v) is 5.27. The van der Waals surface area contributed by atoms with Crippen LogP contribution in [-0.4, -0.2) is 31.2 Å². The number of esters is 1. The highest BCUT2D eigenvalue weighted by atomic mass is 35.5. The Kier molecular flexibility index (Phi) is 6.24. The monoisotopic (exact) mass is 328 g/mol. The summed E-state index contributed by atoms with van der Waals surface area (Å²) in [5, 5.41) is 0.721. The molecule has 21 heavy (non-hydrogen) atoms. The van der Waals surface area contributed by atoms with Gasteiger partial charge in [-0.15, -0.1) is 0 Å². The lowest BCUT2D eigenvalue weighted by Gasteiger charge is -2.13. The molecule has 0 aromatic heterocycles. The zero-order valence-electron chi connectivity index (χ0n) is 12.3. The number of methoxy groups -OCH3 is 1. The number of halogens is 1. The minimum Gasteiger partial charge on any atom is -0.494 e. The minimum absolute atomic E-state index is 0.0841. The molecular weight excluding hydrogens is 308 g/mol. The zero-order chi connectivity index (χ0) is 15.1. The van der Waals surface area contributed by atoms with Crippen molar-refractivity contribution in [3.8, 4) is 5.75 Å². The van der Waals surface area contributed by atoms with Gasteiger partial charge in [0.25, 0.3) is 0 Å². The molecule has 0 saturated heterocycles. The Bertz CT molecular complexity index is 457. The second-order valence-corrected chi connectivity index (χ2v) is 7.00. The van der Waals surface area contributed by atoms with Crippen LogP contribution in [0.5, 0.6) is 5.75 Å². The predicted octanol–water partition coefficient (Wildman–Crippen LogP) is 4.19. The number of benzene rings is 1. The van der Waals surface area contributed by atoms with E-state index in [0.717, 1.165) is 41.5 Å². The topological polar surface area (TPSA) is 35.5 Å². The third kappa shape index (κ3) is 5.79. The van der Waals surface area contributed by atoms with Crippen LogP contribution in [0.4, 0.5) is 0 Å². The maximum absolute atomic E-state index is 11.3. The van der Waals surface area contributed by atoms with E-state index in [1.54, 1.807) is 0 Å². The first-order valence-corrected chi connectivity index (χ1v) is 8.70. The molecular formula is C16H21ClO3S. The third-order valence-electron chi connectivity index (χ3n) is 3.63. The van der Waals surface area contributed by atoms with Crippen LogP contribution in [0.15, 0.2) is 24.3 Å². The van der Waals surface area contributed by atoms with E-state index in [2.05, 4.69) is 0 Å². The summed E-state index contributed by atoms with van der Waals surface area (Å²) in [5.41, 5.74) is 0.217. The smallest absolute Gasteiger partial charge is 0.306 e. The largest absolute Gasteiger partial charge is 0.494 e. The SMILES string of the molecule is COC(=O)CC1(CSCCCOc2ccc(Cl)cc2)CC1. The molecule has 1 saturated carbocycles. The van der Waals surface area contributed by atoms with Crippen molar-refractivity contribution >= 4 is 29.3 Å². The molecule has 0 N–H and O–H groups in total. The van der Waals surface area contributed by atoms with Gasteiger partial charge in [0.15, 0.2) is 0 Å². The molecule has 0 amide bonds. The Morgan fingerprint density at radius 2 is 2.05 bits per heavy atom. The van der Waals surface area contributed by atoms with Crippen LogP contribution in [0.25, 0.3) is 0 Å². The van der Waals surface area contributed by atoms with Crippen molar-refractivity contribution in [3.05, 3.63) is 29.3 Å².